The number of aliphatic imine (C=N–C) groups is 1. The Kier molecular flexibility index (Phi) is 8.29. The molecule has 1 saturated heterocycles. The van der Waals surface area contributed by atoms with Gasteiger partial charge in [-0.15, -0.1) is 0 Å². The van der Waals surface area contributed by atoms with Gasteiger partial charge in [0.25, 0.3) is 0 Å². The summed E-state index contributed by atoms with van der Waals surface area (Å²) in [6.45, 7) is 9.35. The van der Waals surface area contributed by atoms with Gasteiger partial charge in [-0.1, -0.05) is 25.5 Å². The zero-order chi connectivity index (χ0) is 17.2. The van der Waals surface area contributed by atoms with Crippen molar-refractivity contribution < 1.29 is 0 Å². The topological polar surface area (TPSA) is 30.9 Å². The largest absolute Gasteiger partial charge is 0.370 e. The maximum absolute atomic E-state index is 4.79. The number of guanidine groups is 1. The highest BCUT2D eigenvalue weighted by Gasteiger charge is 2.10. The quantitative estimate of drug-likeness (QED) is 0.604. The van der Waals surface area contributed by atoms with Crippen LogP contribution >= 0.6 is 11.8 Å². The fraction of sp³-hybridized carbons (Fsp3) is 0.632. The van der Waals surface area contributed by atoms with Crippen LogP contribution < -0.4 is 10.2 Å². The van der Waals surface area contributed by atoms with Crippen LogP contribution in [0.3, 0.4) is 0 Å². The summed E-state index contributed by atoms with van der Waals surface area (Å²) in [5, 5.41) is 3.39. The summed E-state index contributed by atoms with van der Waals surface area (Å²) in [6, 6.07) is 8.93. The third-order valence-electron chi connectivity index (χ3n) is 4.27. The van der Waals surface area contributed by atoms with Crippen molar-refractivity contribution in [1.29, 1.82) is 0 Å². The number of rotatable bonds is 7. The summed E-state index contributed by atoms with van der Waals surface area (Å²) in [7, 11) is 2.12. The maximum atomic E-state index is 4.79. The Morgan fingerprint density at radius 3 is 2.54 bits per heavy atom. The van der Waals surface area contributed by atoms with Crippen LogP contribution in [-0.4, -0.2) is 55.6 Å². The molecule has 0 aliphatic carbocycles. The van der Waals surface area contributed by atoms with Crippen LogP contribution in [0.4, 0.5) is 5.69 Å². The number of unbranched alkanes of at least 4 members (excludes halogenated alkanes) is 1. The number of hydrogen-bond acceptors (Lipinski definition) is 3. The van der Waals surface area contributed by atoms with E-state index in [2.05, 4.69) is 60.3 Å². The lowest BCUT2D eigenvalue weighted by atomic mass is 10.2. The number of thioether (sulfide) groups is 1. The summed E-state index contributed by atoms with van der Waals surface area (Å²) in [5.41, 5.74) is 2.61. The fourth-order valence-electron chi connectivity index (χ4n) is 2.77. The van der Waals surface area contributed by atoms with Gasteiger partial charge >= 0.3 is 0 Å². The molecule has 0 amide bonds. The van der Waals surface area contributed by atoms with Crippen molar-refractivity contribution in [3.8, 4) is 0 Å². The zero-order valence-electron chi connectivity index (χ0n) is 15.4. The van der Waals surface area contributed by atoms with Crippen LogP contribution in [0.15, 0.2) is 29.3 Å². The number of nitrogens with one attached hydrogen (secondary N) is 1. The Labute approximate surface area is 151 Å². The highest BCUT2D eigenvalue weighted by Crippen LogP contribution is 2.20. The predicted molar refractivity (Wildman–Crippen MR) is 108 cm³/mol. The Morgan fingerprint density at radius 2 is 1.92 bits per heavy atom. The monoisotopic (exact) mass is 348 g/mol. The molecule has 0 spiro atoms. The van der Waals surface area contributed by atoms with Gasteiger partial charge < -0.3 is 15.1 Å². The van der Waals surface area contributed by atoms with Crippen molar-refractivity contribution in [2.75, 3.05) is 49.6 Å². The van der Waals surface area contributed by atoms with Gasteiger partial charge in [0.2, 0.25) is 0 Å². The summed E-state index contributed by atoms with van der Waals surface area (Å²) in [5.74, 6) is 3.48. The van der Waals surface area contributed by atoms with E-state index in [0.29, 0.717) is 0 Å². The predicted octanol–water partition coefficient (Wildman–Crippen LogP) is 3.44. The summed E-state index contributed by atoms with van der Waals surface area (Å²) >= 11 is 2.05. The first-order chi connectivity index (χ1) is 11.7. The Bertz CT molecular complexity index is 495. The highest BCUT2D eigenvalue weighted by atomic mass is 32.2. The van der Waals surface area contributed by atoms with Gasteiger partial charge in [-0.25, -0.2) is 4.99 Å². The SMILES string of the molecule is CCCCN(C)C(=NCc1ccc(N2CCSCC2)cc1)NCC. The molecular formula is C19H32N4S. The molecular weight excluding hydrogens is 316 g/mol. The second kappa shape index (κ2) is 10.5. The number of nitrogens with zero attached hydrogens (tertiary/aromatic N) is 3. The van der Waals surface area contributed by atoms with E-state index in [4.69, 9.17) is 4.99 Å². The molecule has 1 aliphatic heterocycles. The minimum atomic E-state index is 0.731. The van der Waals surface area contributed by atoms with Crippen LogP contribution in [0.1, 0.15) is 32.3 Å². The second-order valence-electron chi connectivity index (χ2n) is 6.21. The van der Waals surface area contributed by atoms with Gasteiger partial charge in [-0.05, 0) is 31.0 Å². The van der Waals surface area contributed by atoms with Crippen molar-refractivity contribution in [3.05, 3.63) is 29.8 Å². The molecule has 0 bridgehead atoms. The lowest BCUT2D eigenvalue weighted by Crippen LogP contribution is -2.39. The molecule has 0 aromatic heterocycles. The third-order valence-corrected chi connectivity index (χ3v) is 5.21. The summed E-state index contributed by atoms with van der Waals surface area (Å²) < 4.78 is 0. The van der Waals surface area contributed by atoms with E-state index in [-0.39, 0.29) is 0 Å². The van der Waals surface area contributed by atoms with Gasteiger partial charge in [0, 0.05) is 50.4 Å². The van der Waals surface area contributed by atoms with E-state index < -0.39 is 0 Å². The number of hydrogen-bond donors (Lipinski definition) is 1. The number of anilines is 1. The van der Waals surface area contributed by atoms with E-state index in [9.17, 15) is 0 Å². The molecule has 1 heterocycles. The molecule has 134 valence electrons. The van der Waals surface area contributed by atoms with Gasteiger partial charge in [-0.3, -0.25) is 0 Å². The minimum absolute atomic E-state index is 0.731. The summed E-state index contributed by atoms with van der Waals surface area (Å²) in [6.07, 6.45) is 2.41. The molecule has 0 saturated carbocycles. The summed E-state index contributed by atoms with van der Waals surface area (Å²) in [4.78, 5) is 9.50. The van der Waals surface area contributed by atoms with Crippen LogP contribution in [0, 0.1) is 0 Å². The Morgan fingerprint density at radius 1 is 1.21 bits per heavy atom. The molecule has 1 aromatic carbocycles. The molecule has 5 heteroatoms. The molecule has 0 atom stereocenters. The third kappa shape index (κ3) is 5.93. The van der Waals surface area contributed by atoms with E-state index in [1.54, 1.807) is 0 Å². The van der Waals surface area contributed by atoms with Gasteiger partial charge in [0.05, 0.1) is 6.54 Å². The molecule has 1 aliphatic rings. The molecule has 2 rings (SSSR count). The normalized spacial score (nSPS) is 15.5. The average molecular weight is 349 g/mol. The van der Waals surface area contributed by atoms with Gasteiger partial charge in [0.15, 0.2) is 5.96 Å². The van der Waals surface area contributed by atoms with Gasteiger partial charge in [-0.2, -0.15) is 11.8 Å². The van der Waals surface area contributed by atoms with Crippen LogP contribution in [0.5, 0.6) is 0 Å². The molecule has 1 fully saturated rings. The lowest BCUT2D eigenvalue weighted by Gasteiger charge is -2.28. The highest BCUT2D eigenvalue weighted by molar-refractivity contribution is 7.99. The van der Waals surface area contributed by atoms with Crippen molar-refractivity contribution in [2.24, 2.45) is 4.99 Å². The molecule has 0 radical (unpaired) electrons. The average Bonchev–Trinajstić information content (AvgIpc) is 2.64. The first kappa shape index (κ1) is 19.0. The van der Waals surface area contributed by atoms with Crippen molar-refractivity contribution >= 4 is 23.4 Å². The first-order valence-electron chi connectivity index (χ1n) is 9.15. The van der Waals surface area contributed by atoms with E-state index >= 15 is 0 Å². The van der Waals surface area contributed by atoms with Crippen LogP contribution in [-0.2, 0) is 6.54 Å². The van der Waals surface area contributed by atoms with Crippen molar-refractivity contribution in [1.82, 2.24) is 10.2 Å². The molecule has 4 nitrogen and oxygen atoms in total. The van der Waals surface area contributed by atoms with Gasteiger partial charge in [0.1, 0.15) is 0 Å². The van der Waals surface area contributed by atoms with Crippen LogP contribution in [0.25, 0.3) is 0 Å². The van der Waals surface area contributed by atoms with Crippen molar-refractivity contribution in [3.63, 3.8) is 0 Å². The van der Waals surface area contributed by atoms with E-state index in [1.807, 2.05) is 11.8 Å². The molecule has 1 N–H and O–H groups in total. The second-order valence-corrected chi connectivity index (χ2v) is 7.44. The standard InChI is InChI=1S/C19H32N4S/c1-4-6-11-22(3)19(20-5-2)21-16-17-7-9-18(10-8-17)23-12-14-24-15-13-23/h7-10H,4-6,11-16H2,1-3H3,(H,20,21). The van der Waals surface area contributed by atoms with Crippen molar-refractivity contribution in [2.45, 2.75) is 33.2 Å². The lowest BCUT2D eigenvalue weighted by molar-refractivity contribution is 0.465. The smallest absolute Gasteiger partial charge is 0.193 e. The Hall–Kier alpha value is -1.36. The first-order valence-corrected chi connectivity index (χ1v) is 10.3. The van der Waals surface area contributed by atoms with E-state index in [1.165, 1.54) is 35.6 Å². The van der Waals surface area contributed by atoms with Crippen LogP contribution in [0.2, 0.25) is 0 Å². The maximum Gasteiger partial charge on any atom is 0.193 e. The minimum Gasteiger partial charge on any atom is -0.370 e. The molecule has 24 heavy (non-hydrogen) atoms. The fourth-order valence-corrected chi connectivity index (χ4v) is 3.67. The molecule has 1 aromatic rings. The number of benzene rings is 1. The Balaban J connectivity index is 1.94. The van der Waals surface area contributed by atoms with E-state index in [0.717, 1.165) is 38.7 Å². The molecule has 0 unspecified atom stereocenters. The zero-order valence-corrected chi connectivity index (χ0v) is 16.2.